The third-order valence-electron chi connectivity index (χ3n) is 1.46. The van der Waals surface area contributed by atoms with Crippen LogP contribution in [0.1, 0.15) is 19.7 Å². The Balaban J connectivity index is 0.000000810. The molecule has 0 saturated carbocycles. The summed E-state index contributed by atoms with van der Waals surface area (Å²) < 4.78 is 2.15. The van der Waals surface area contributed by atoms with E-state index >= 15 is 0 Å². The number of imidazole rings is 1. The number of hydrogen-bond donors (Lipinski definition) is 0. The summed E-state index contributed by atoms with van der Waals surface area (Å²) in [5.74, 6) is 1.18. The summed E-state index contributed by atoms with van der Waals surface area (Å²) in [5, 5.41) is 0. The van der Waals surface area contributed by atoms with Crippen LogP contribution in [0, 0.1) is 0 Å². The highest BCUT2D eigenvalue weighted by Gasteiger charge is 1.94. The van der Waals surface area contributed by atoms with Crippen LogP contribution in [0.15, 0.2) is 12.4 Å². The van der Waals surface area contributed by atoms with Crippen molar-refractivity contribution in [1.29, 1.82) is 0 Å². The third-order valence-corrected chi connectivity index (χ3v) is 1.46. The molecule has 0 atom stereocenters. The van der Waals surface area contributed by atoms with Crippen molar-refractivity contribution in [2.24, 2.45) is 0 Å². The molecule has 0 aliphatic heterocycles. The van der Waals surface area contributed by atoms with Gasteiger partial charge in [0.25, 0.3) is 0 Å². The van der Waals surface area contributed by atoms with Crippen LogP contribution in [0.25, 0.3) is 0 Å². The first-order chi connectivity index (χ1) is 4.38. The largest absolute Gasteiger partial charge is 0.335 e. The van der Waals surface area contributed by atoms with Gasteiger partial charge in [-0.25, -0.2) is 4.98 Å². The lowest BCUT2D eigenvalue weighted by atomic mass is 10.4. The zero-order valence-corrected chi connectivity index (χ0v) is 7.19. The minimum absolute atomic E-state index is 0. The number of aromatic nitrogens is 2. The molecule has 1 rings (SSSR count). The molecule has 0 fully saturated rings. The Hall–Kier alpha value is -0.500. The number of nitrogens with zero attached hydrogens (tertiary/aromatic N) is 2. The van der Waals surface area contributed by atoms with Crippen molar-refractivity contribution in [1.82, 2.24) is 9.55 Å². The molecular weight excluding hydrogens is 148 g/mol. The van der Waals surface area contributed by atoms with Crippen LogP contribution in [-0.4, -0.2) is 9.55 Å². The average Bonchev–Trinajstić information content (AvgIpc) is 2.33. The molecule has 0 aliphatic carbocycles. The second kappa shape index (κ2) is 4.34. The first kappa shape index (κ1) is 9.50. The maximum Gasteiger partial charge on any atom is 0.108 e. The van der Waals surface area contributed by atoms with Gasteiger partial charge in [0.15, 0.2) is 0 Å². The number of aryl methyl sites for hydroxylation is 2. The quantitative estimate of drug-likeness (QED) is 0.646. The van der Waals surface area contributed by atoms with E-state index < -0.39 is 0 Å². The fourth-order valence-corrected chi connectivity index (χ4v) is 0.942. The maximum atomic E-state index is 4.17. The fraction of sp³-hybridized carbons (Fsp3) is 0.571. The van der Waals surface area contributed by atoms with E-state index in [0.717, 1.165) is 13.0 Å². The van der Waals surface area contributed by atoms with Gasteiger partial charge in [-0.05, 0) is 6.92 Å². The zero-order chi connectivity index (χ0) is 6.69. The van der Waals surface area contributed by atoms with Gasteiger partial charge in [-0.2, -0.15) is 0 Å². The fourth-order valence-electron chi connectivity index (χ4n) is 0.942. The van der Waals surface area contributed by atoms with Gasteiger partial charge in [0.05, 0.1) is 0 Å². The average molecular weight is 161 g/mol. The molecule has 0 amide bonds. The van der Waals surface area contributed by atoms with Crippen molar-refractivity contribution >= 4 is 12.4 Å². The Morgan fingerprint density at radius 3 is 2.60 bits per heavy atom. The molecule has 0 spiro atoms. The topological polar surface area (TPSA) is 17.8 Å². The minimum atomic E-state index is 0. The summed E-state index contributed by atoms with van der Waals surface area (Å²) in [4.78, 5) is 4.17. The highest BCUT2D eigenvalue weighted by molar-refractivity contribution is 5.85. The van der Waals surface area contributed by atoms with Gasteiger partial charge in [-0.1, -0.05) is 6.92 Å². The SMILES string of the molecule is CCc1nccn1CC.Cl. The normalized spacial score (nSPS) is 9.00. The molecule has 0 N–H and O–H groups in total. The van der Waals surface area contributed by atoms with Crippen LogP contribution in [0.5, 0.6) is 0 Å². The Morgan fingerprint density at radius 2 is 2.20 bits per heavy atom. The Morgan fingerprint density at radius 1 is 1.50 bits per heavy atom. The van der Waals surface area contributed by atoms with Crippen molar-refractivity contribution in [3.8, 4) is 0 Å². The standard InChI is InChI=1S/C7H12N2.ClH/c1-3-7-8-5-6-9(7)4-2;/h5-6H,3-4H2,1-2H3;1H. The van der Waals surface area contributed by atoms with Gasteiger partial charge < -0.3 is 4.57 Å². The maximum absolute atomic E-state index is 4.17. The van der Waals surface area contributed by atoms with Crippen LogP contribution in [-0.2, 0) is 13.0 Å². The first-order valence-electron chi connectivity index (χ1n) is 3.38. The predicted octanol–water partition coefficient (Wildman–Crippen LogP) is 1.89. The summed E-state index contributed by atoms with van der Waals surface area (Å²) in [6.07, 6.45) is 4.89. The van der Waals surface area contributed by atoms with Crippen molar-refractivity contribution in [2.75, 3.05) is 0 Å². The monoisotopic (exact) mass is 160 g/mol. The summed E-state index contributed by atoms with van der Waals surface area (Å²) in [5.41, 5.74) is 0. The van der Waals surface area contributed by atoms with Crippen LogP contribution >= 0.6 is 12.4 Å². The molecule has 2 nitrogen and oxygen atoms in total. The van der Waals surface area contributed by atoms with E-state index in [1.807, 2.05) is 12.4 Å². The van der Waals surface area contributed by atoms with E-state index in [9.17, 15) is 0 Å². The van der Waals surface area contributed by atoms with E-state index in [0.29, 0.717) is 0 Å². The molecule has 58 valence electrons. The summed E-state index contributed by atoms with van der Waals surface area (Å²) >= 11 is 0. The van der Waals surface area contributed by atoms with E-state index in [2.05, 4.69) is 23.4 Å². The van der Waals surface area contributed by atoms with Gasteiger partial charge >= 0.3 is 0 Å². The van der Waals surface area contributed by atoms with Crippen molar-refractivity contribution in [2.45, 2.75) is 26.8 Å². The highest BCUT2D eigenvalue weighted by Crippen LogP contribution is 1.96. The molecule has 3 heteroatoms. The van der Waals surface area contributed by atoms with E-state index in [1.165, 1.54) is 5.82 Å². The minimum Gasteiger partial charge on any atom is -0.335 e. The summed E-state index contributed by atoms with van der Waals surface area (Å²) in [7, 11) is 0. The summed E-state index contributed by atoms with van der Waals surface area (Å²) in [6, 6.07) is 0. The lowest BCUT2D eigenvalue weighted by molar-refractivity contribution is 0.705. The predicted molar refractivity (Wildman–Crippen MR) is 44.5 cm³/mol. The number of hydrogen-bond acceptors (Lipinski definition) is 1. The first-order valence-corrected chi connectivity index (χ1v) is 3.38. The molecule has 0 aliphatic rings. The zero-order valence-electron chi connectivity index (χ0n) is 6.37. The smallest absolute Gasteiger partial charge is 0.108 e. The molecule has 0 radical (unpaired) electrons. The molecule has 0 aromatic carbocycles. The number of rotatable bonds is 2. The van der Waals surface area contributed by atoms with Gasteiger partial charge in [0.1, 0.15) is 5.82 Å². The van der Waals surface area contributed by atoms with Crippen LogP contribution in [0.3, 0.4) is 0 Å². The Labute approximate surface area is 67.7 Å². The van der Waals surface area contributed by atoms with Gasteiger partial charge in [0.2, 0.25) is 0 Å². The lowest BCUT2D eigenvalue weighted by Crippen LogP contribution is -1.98. The molecule has 0 saturated heterocycles. The van der Waals surface area contributed by atoms with E-state index in [-0.39, 0.29) is 12.4 Å². The number of halogens is 1. The highest BCUT2D eigenvalue weighted by atomic mass is 35.5. The molecule has 0 bridgehead atoms. The summed E-state index contributed by atoms with van der Waals surface area (Å²) in [6.45, 7) is 5.28. The van der Waals surface area contributed by atoms with Gasteiger partial charge in [-0.15, -0.1) is 12.4 Å². The van der Waals surface area contributed by atoms with Gasteiger partial charge in [0, 0.05) is 25.4 Å². The molecule has 10 heavy (non-hydrogen) atoms. The molecule has 1 heterocycles. The van der Waals surface area contributed by atoms with Crippen LogP contribution in [0.4, 0.5) is 0 Å². The molecule has 1 aromatic heterocycles. The van der Waals surface area contributed by atoms with Crippen molar-refractivity contribution in [3.63, 3.8) is 0 Å². The molecule has 0 unspecified atom stereocenters. The van der Waals surface area contributed by atoms with Crippen molar-refractivity contribution in [3.05, 3.63) is 18.2 Å². The Bertz CT molecular complexity index is 165. The second-order valence-electron chi connectivity index (χ2n) is 1.98. The van der Waals surface area contributed by atoms with E-state index in [4.69, 9.17) is 0 Å². The van der Waals surface area contributed by atoms with Crippen LogP contribution < -0.4 is 0 Å². The molecule has 1 aromatic rings. The Kier molecular flexibility index (Phi) is 4.12. The van der Waals surface area contributed by atoms with E-state index in [1.54, 1.807) is 0 Å². The third kappa shape index (κ3) is 1.74. The molecular formula is C7H13ClN2. The van der Waals surface area contributed by atoms with Gasteiger partial charge in [-0.3, -0.25) is 0 Å². The second-order valence-corrected chi connectivity index (χ2v) is 1.98. The van der Waals surface area contributed by atoms with Crippen LogP contribution in [0.2, 0.25) is 0 Å². The lowest BCUT2D eigenvalue weighted by Gasteiger charge is -1.98. The van der Waals surface area contributed by atoms with Crippen molar-refractivity contribution < 1.29 is 0 Å².